The van der Waals surface area contributed by atoms with Crippen molar-refractivity contribution in [2.24, 2.45) is 16.6 Å². The molecule has 0 radical (unpaired) electrons. The van der Waals surface area contributed by atoms with Crippen molar-refractivity contribution in [3.63, 3.8) is 0 Å². The molecule has 1 aliphatic rings. The molecular formula is C20H35IN6O2. The molecule has 4 N–H and O–H groups in total. The first kappa shape index (κ1) is 25.4. The Labute approximate surface area is 191 Å². The van der Waals surface area contributed by atoms with E-state index in [-0.39, 0.29) is 35.8 Å². The molecule has 1 fully saturated rings. The van der Waals surface area contributed by atoms with Crippen molar-refractivity contribution in [1.82, 2.24) is 15.6 Å². The number of nitrogens with two attached hydrogens (primary N) is 1. The van der Waals surface area contributed by atoms with Gasteiger partial charge in [-0.2, -0.15) is 0 Å². The van der Waals surface area contributed by atoms with Crippen LogP contribution in [0.1, 0.15) is 38.7 Å². The van der Waals surface area contributed by atoms with Crippen LogP contribution in [-0.4, -0.2) is 56.2 Å². The Hall–Kier alpha value is -1.62. The number of carbonyl (C=O) groups excluding carboxylic acids is 1. The first-order chi connectivity index (χ1) is 13.7. The van der Waals surface area contributed by atoms with Crippen LogP contribution in [0.3, 0.4) is 0 Å². The van der Waals surface area contributed by atoms with E-state index in [1.807, 2.05) is 13.0 Å². The molecule has 0 unspecified atom stereocenters. The van der Waals surface area contributed by atoms with Crippen LogP contribution >= 0.6 is 24.0 Å². The molecule has 1 saturated heterocycles. The molecule has 164 valence electrons. The van der Waals surface area contributed by atoms with Crippen molar-refractivity contribution >= 4 is 41.7 Å². The number of primary amides is 1. The number of anilines is 1. The highest BCUT2D eigenvalue weighted by atomic mass is 127. The number of halogens is 1. The molecule has 0 saturated carbocycles. The Bertz CT molecular complexity index is 635. The highest BCUT2D eigenvalue weighted by Gasteiger charge is 2.24. The smallest absolute Gasteiger partial charge is 0.220 e. The molecule has 29 heavy (non-hydrogen) atoms. The predicted molar refractivity (Wildman–Crippen MR) is 128 cm³/mol. The summed E-state index contributed by atoms with van der Waals surface area (Å²) >= 11 is 0. The third-order valence-corrected chi connectivity index (χ3v) is 4.78. The van der Waals surface area contributed by atoms with Gasteiger partial charge in [0.25, 0.3) is 0 Å². The zero-order chi connectivity index (χ0) is 20.2. The van der Waals surface area contributed by atoms with Gasteiger partial charge in [-0.15, -0.1) is 24.0 Å². The molecule has 0 bridgehead atoms. The number of pyridine rings is 1. The quantitative estimate of drug-likeness (QED) is 0.189. The van der Waals surface area contributed by atoms with E-state index >= 15 is 0 Å². The molecule has 0 atom stereocenters. The van der Waals surface area contributed by atoms with Gasteiger partial charge in [-0.1, -0.05) is 6.07 Å². The zero-order valence-corrected chi connectivity index (χ0v) is 19.9. The van der Waals surface area contributed by atoms with Gasteiger partial charge in [0.05, 0.1) is 6.54 Å². The van der Waals surface area contributed by atoms with E-state index < -0.39 is 0 Å². The van der Waals surface area contributed by atoms with Crippen molar-refractivity contribution in [3.05, 3.63) is 23.9 Å². The van der Waals surface area contributed by atoms with E-state index in [4.69, 9.17) is 15.5 Å². The van der Waals surface area contributed by atoms with Crippen LogP contribution in [0.2, 0.25) is 0 Å². The van der Waals surface area contributed by atoms with Crippen molar-refractivity contribution < 1.29 is 9.53 Å². The Morgan fingerprint density at radius 3 is 2.76 bits per heavy atom. The van der Waals surface area contributed by atoms with Crippen molar-refractivity contribution in [2.45, 2.75) is 39.7 Å². The Kier molecular flexibility index (Phi) is 12.6. The number of ether oxygens (including phenoxy) is 1. The fourth-order valence-electron chi connectivity index (χ4n) is 3.25. The minimum Gasteiger partial charge on any atom is -0.382 e. The standard InChI is InChI=1S/C20H34N6O2.HI/c1-3-22-20(24-11-6-14-28-4-2)25-15-17-7-5-10-23-19(17)26-12-8-16(9-13-26)18(21)27;/h5,7,10,16H,3-4,6,8-9,11-15H2,1-2H3,(H2,21,27)(H2,22,24,25);1H. The summed E-state index contributed by atoms with van der Waals surface area (Å²) in [5.41, 5.74) is 6.52. The number of rotatable bonds is 10. The third-order valence-electron chi connectivity index (χ3n) is 4.78. The Morgan fingerprint density at radius 2 is 2.10 bits per heavy atom. The van der Waals surface area contributed by atoms with E-state index in [1.54, 1.807) is 6.20 Å². The number of amides is 1. The molecule has 0 aromatic carbocycles. The van der Waals surface area contributed by atoms with Crippen molar-refractivity contribution in [3.8, 4) is 0 Å². The second kappa shape index (κ2) is 14.4. The zero-order valence-electron chi connectivity index (χ0n) is 17.5. The molecule has 1 aromatic heterocycles. The van der Waals surface area contributed by atoms with E-state index in [0.29, 0.717) is 6.54 Å². The second-order valence-corrected chi connectivity index (χ2v) is 6.82. The topological polar surface area (TPSA) is 105 Å². The maximum atomic E-state index is 11.4. The van der Waals surface area contributed by atoms with Crippen LogP contribution in [0.15, 0.2) is 23.3 Å². The Balaban J connectivity index is 0.00000420. The van der Waals surface area contributed by atoms with Gasteiger partial charge in [-0.05, 0) is 39.2 Å². The van der Waals surface area contributed by atoms with E-state index in [0.717, 1.165) is 76.0 Å². The van der Waals surface area contributed by atoms with Gasteiger partial charge >= 0.3 is 0 Å². The molecule has 9 heteroatoms. The van der Waals surface area contributed by atoms with Crippen LogP contribution < -0.4 is 21.3 Å². The number of carbonyl (C=O) groups is 1. The van der Waals surface area contributed by atoms with Gasteiger partial charge in [0.2, 0.25) is 5.91 Å². The molecule has 0 spiro atoms. The number of piperidine rings is 1. The van der Waals surface area contributed by atoms with Crippen molar-refractivity contribution in [2.75, 3.05) is 44.3 Å². The number of aromatic nitrogens is 1. The lowest BCUT2D eigenvalue weighted by Crippen LogP contribution is -2.39. The minimum atomic E-state index is -0.198. The van der Waals surface area contributed by atoms with Gasteiger partial charge in [0.1, 0.15) is 5.82 Å². The highest BCUT2D eigenvalue weighted by Crippen LogP contribution is 2.24. The summed E-state index contributed by atoms with van der Waals surface area (Å²) < 4.78 is 5.37. The summed E-state index contributed by atoms with van der Waals surface area (Å²) in [6.07, 6.45) is 4.29. The molecular weight excluding hydrogens is 483 g/mol. The number of nitrogens with one attached hydrogen (secondary N) is 2. The maximum Gasteiger partial charge on any atom is 0.220 e. The minimum absolute atomic E-state index is 0. The molecule has 1 amide bonds. The van der Waals surface area contributed by atoms with Crippen molar-refractivity contribution in [1.29, 1.82) is 0 Å². The molecule has 2 rings (SSSR count). The van der Waals surface area contributed by atoms with Crippen LogP contribution in [-0.2, 0) is 16.1 Å². The van der Waals surface area contributed by atoms with Gasteiger partial charge < -0.3 is 26.0 Å². The maximum absolute atomic E-state index is 11.4. The van der Waals surface area contributed by atoms with Crippen LogP contribution in [0, 0.1) is 5.92 Å². The summed E-state index contributed by atoms with van der Waals surface area (Å²) in [6.45, 7) is 9.28. The number of hydrogen-bond donors (Lipinski definition) is 3. The summed E-state index contributed by atoms with van der Waals surface area (Å²) in [4.78, 5) is 22.9. The number of guanidine groups is 1. The fourth-order valence-corrected chi connectivity index (χ4v) is 3.25. The van der Waals surface area contributed by atoms with Crippen LogP contribution in [0.25, 0.3) is 0 Å². The van der Waals surface area contributed by atoms with E-state index in [9.17, 15) is 4.79 Å². The molecule has 1 aliphatic heterocycles. The first-order valence-electron chi connectivity index (χ1n) is 10.2. The lowest BCUT2D eigenvalue weighted by atomic mass is 9.96. The van der Waals surface area contributed by atoms with Crippen LogP contribution in [0.4, 0.5) is 5.82 Å². The largest absolute Gasteiger partial charge is 0.382 e. The normalized spacial score (nSPS) is 15.0. The number of nitrogens with zero attached hydrogens (tertiary/aromatic N) is 3. The van der Waals surface area contributed by atoms with E-state index in [2.05, 4.69) is 33.5 Å². The highest BCUT2D eigenvalue weighted by molar-refractivity contribution is 14.0. The molecule has 1 aromatic rings. The third kappa shape index (κ3) is 8.73. The van der Waals surface area contributed by atoms with Gasteiger partial charge in [-0.3, -0.25) is 4.79 Å². The SMILES string of the molecule is CCNC(=NCc1cccnc1N1CCC(C(N)=O)CC1)NCCCOCC.I. The number of aliphatic imine (C=N–C) groups is 1. The summed E-state index contributed by atoms with van der Waals surface area (Å²) in [5, 5.41) is 6.61. The van der Waals surface area contributed by atoms with E-state index in [1.165, 1.54) is 0 Å². The van der Waals surface area contributed by atoms with Gasteiger partial charge in [0, 0.05) is 57.1 Å². The van der Waals surface area contributed by atoms with Gasteiger partial charge in [-0.25, -0.2) is 9.98 Å². The first-order valence-corrected chi connectivity index (χ1v) is 10.2. The summed E-state index contributed by atoms with van der Waals surface area (Å²) in [6, 6.07) is 4.00. The van der Waals surface area contributed by atoms with Gasteiger partial charge in [0.15, 0.2) is 5.96 Å². The number of hydrogen-bond acceptors (Lipinski definition) is 5. The monoisotopic (exact) mass is 518 g/mol. The molecule has 0 aliphatic carbocycles. The summed E-state index contributed by atoms with van der Waals surface area (Å²) in [5.74, 6) is 1.52. The Morgan fingerprint density at radius 1 is 1.34 bits per heavy atom. The molecule has 2 heterocycles. The lowest BCUT2D eigenvalue weighted by Gasteiger charge is -2.32. The van der Waals surface area contributed by atoms with Crippen LogP contribution in [0.5, 0.6) is 0 Å². The second-order valence-electron chi connectivity index (χ2n) is 6.82. The average molecular weight is 518 g/mol. The predicted octanol–water partition coefficient (Wildman–Crippen LogP) is 1.88. The molecule has 8 nitrogen and oxygen atoms in total. The average Bonchev–Trinajstić information content (AvgIpc) is 2.72. The summed E-state index contributed by atoms with van der Waals surface area (Å²) in [7, 11) is 0. The fraction of sp³-hybridized carbons (Fsp3) is 0.650. The lowest BCUT2D eigenvalue weighted by molar-refractivity contribution is -0.122.